The number of carbonyl (C=O) groups excluding carboxylic acids is 2. The van der Waals surface area contributed by atoms with Crippen molar-refractivity contribution < 1.29 is 14.0 Å². The van der Waals surface area contributed by atoms with Crippen LogP contribution in [0, 0.1) is 5.82 Å². The minimum absolute atomic E-state index is 0.0830. The van der Waals surface area contributed by atoms with E-state index in [1.807, 2.05) is 30.3 Å². The van der Waals surface area contributed by atoms with Gasteiger partial charge in [0, 0.05) is 26.2 Å². The molecule has 5 nitrogen and oxygen atoms in total. The third-order valence-electron chi connectivity index (χ3n) is 4.46. The molecule has 0 bridgehead atoms. The Labute approximate surface area is 156 Å². The number of piperazine rings is 1. The van der Waals surface area contributed by atoms with Crippen molar-refractivity contribution in [2.24, 2.45) is 5.73 Å². The Morgan fingerprint density at radius 1 is 1.00 bits per heavy atom. The summed E-state index contributed by atoms with van der Waals surface area (Å²) >= 11 is 5.96. The van der Waals surface area contributed by atoms with Crippen LogP contribution in [0.2, 0.25) is 5.02 Å². The highest BCUT2D eigenvalue weighted by Crippen LogP contribution is 2.20. The van der Waals surface area contributed by atoms with Gasteiger partial charge in [-0.3, -0.25) is 9.59 Å². The average molecular weight is 376 g/mol. The molecule has 0 aromatic heterocycles. The van der Waals surface area contributed by atoms with Gasteiger partial charge in [0.15, 0.2) is 0 Å². The number of hydrogen-bond donors (Lipinski definition) is 1. The van der Waals surface area contributed by atoms with Gasteiger partial charge in [-0.2, -0.15) is 0 Å². The molecule has 7 heteroatoms. The van der Waals surface area contributed by atoms with Crippen LogP contribution in [0.15, 0.2) is 48.5 Å². The summed E-state index contributed by atoms with van der Waals surface area (Å²) < 4.78 is 13.1. The second kappa shape index (κ2) is 7.85. The summed E-state index contributed by atoms with van der Waals surface area (Å²) in [6.45, 7) is 1.54. The van der Waals surface area contributed by atoms with Gasteiger partial charge in [-0.25, -0.2) is 4.39 Å². The topological polar surface area (TPSA) is 66.6 Å². The van der Waals surface area contributed by atoms with E-state index in [-0.39, 0.29) is 22.4 Å². The van der Waals surface area contributed by atoms with Gasteiger partial charge in [0.1, 0.15) is 11.9 Å². The first-order valence-corrected chi connectivity index (χ1v) is 8.69. The summed E-state index contributed by atoms with van der Waals surface area (Å²) in [5.74, 6) is -0.922. The number of benzene rings is 2. The highest BCUT2D eigenvalue weighted by Gasteiger charge is 2.28. The summed E-state index contributed by atoms with van der Waals surface area (Å²) in [4.78, 5) is 28.4. The number of hydrogen-bond acceptors (Lipinski definition) is 3. The lowest BCUT2D eigenvalue weighted by atomic mass is 10.1. The van der Waals surface area contributed by atoms with Crippen molar-refractivity contribution in [1.29, 1.82) is 0 Å². The Morgan fingerprint density at radius 3 is 2.23 bits per heavy atom. The Hall–Kier alpha value is -2.44. The molecule has 0 spiro atoms. The van der Waals surface area contributed by atoms with Crippen molar-refractivity contribution >= 4 is 23.4 Å². The lowest BCUT2D eigenvalue weighted by Crippen LogP contribution is -2.52. The third-order valence-corrected chi connectivity index (χ3v) is 4.78. The van der Waals surface area contributed by atoms with Crippen LogP contribution in [0.25, 0.3) is 0 Å². The Balaban J connectivity index is 1.62. The maximum Gasteiger partial charge on any atom is 0.255 e. The van der Waals surface area contributed by atoms with E-state index in [1.165, 1.54) is 12.1 Å². The summed E-state index contributed by atoms with van der Waals surface area (Å²) in [6, 6.07) is 12.2. The van der Waals surface area contributed by atoms with Crippen LogP contribution < -0.4 is 5.73 Å². The number of halogens is 2. The van der Waals surface area contributed by atoms with Crippen molar-refractivity contribution in [1.82, 2.24) is 9.80 Å². The van der Waals surface area contributed by atoms with E-state index in [2.05, 4.69) is 0 Å². The molecule has 1 atom stereocenters. The molecule has 136 valence electrons. The molecule has 1 aliphatic rings. The van der Waals surface area contributed by atoms with Gasteiger partial charge >= 0.3 is 0 Å². The average Bonchev–Trinajstić information content (AvgIpc) is 2.67. The van der Waals surface area contributed by atoms with E-state index in [4.69, 9.17) is 17.3 Å². The number of nitrogens with zero attached hydrogens (tertiary/aromatic N) is 2. The summed E-state index contributed by atoms with van der Waals surface area (Å²) in [6.07, 6.45) is 0. The number of amides is 2. The van der Waals surface area contributed by atoms with Crippen LogP contribution in [-0.2, 0) is 4.79 Å². The van der Waals surface area contributed by atoms with Gasteiger partial charge in [-0.15, -0.1) is 0 Å². The Morgan fingerprint density at radius 2 is 1.62 bits per heavy atom. The fourth-order valence-electron chi connectivity index (χ4n) is 2.96. The highest BCUT2D eigenvalue weighted by atomic mass is 35.5. The van der Waals surface area contributed by atoms with E-state index in [0.29, 0.717) is 26.2 Å². The number of carbonyl (C=O) groups is 2. The Kier molecular flexibility index (Phi) is 5.54. The van der Waals surface area contributed by atoms with E-state index < -0.39 is 11.9 Å². The zero-order valence-electron chi connectivity index (χ0n) is 14.1. The van der Waals surface area contributed by atoms with Crippen LogP contribution in [0.1, 0.15) is 22.0 Å². The molecule has 2 aromatic rings. The lowest BCUT2D eigenvalue weighted by Gasteiger charge is -2.36. The molecular weight excluding hydrogens is 357 g/mol. The first-order chi connectivity index (χ1) is 12.5. The molecule has 0 aliphatic carbocycles. The lowest BCUT2D eigenvalue weighted by molar-refractivity contribution is -0.134. The zero-order valence-corrected chi connectivity index (χ0v) is 14.8. The van der Waals surface area contributed by atoms with E-state index >= 15 is 0 Å². The van der Waals surface area contributed by atoms with Gasteiger partial charge in [-0.05, 0) is 23.8 Å². The molecule has 2 N–H and O–H groups in total. The first-order valence-electron chi connectivity index (χ1n) is 8.31. The molecule has 2 amide bonds. The predicted molar refractivity (Wildman–Crippen MR) is 97.3 cm³/mol. The van der Waals surface area contributed by atoms with E-state index in [1.54, 1.807) is 9.80 Å². The summed E-state index contributed by atoms with van der Waals surface area (Å²) in [5.41, 5.74) is 7.08. The predicted octanol–water partition coefficient (Wildman–Crippen LogP) is 2.46. The normalized spacial score (nSPS) is 15.7. The molecule has 26 heavy (non-hydrogen) atoms. The van der Waals surface area contributed by atoms with Gasteiger partial charge in [-0.1, -0.05) is 41.9 Å². The molecule has 3 rings (SSSR count). The van der Waals surface area contributed by atoms with Crippen molar-refractivity contribution in [3.8, 4) is 0 Å². The monoisotopic (exact) mass is 375 g/mol. The van der Waals surface area contributed by atoms with Gasteiger partial charge in [0.25, 0.3) is 5.91 Å². The van der Waals surface area contributed by atoms with E-state index in [9.17, 15) is 14.0 Å². The van der Waals surface area contributed by atoms with Crippen LogP contribution in [0.3, 0.4) is 0 Å². The largest absolute Gasteiger partial charge is 0.337 e. The fourth-order valence-corrected chi connectivity index (χ4v) is 3.21. The molecule has 1 saturated heterocycles. The molecule has 1 heterocycles. The number of rotatable bonds is 3. The zero-order chi connectivity index (χ0) is 18.7. The third kappa shape index (κ3) is 3.86. The fraction of sp³-hybridized carbons (Fsp3) is 0.263. The molecule has 1 unspecified atom stereocenters. The van der Waals surface area contributed by atoms with Crippen LogP contribution in [-0.4, -0.2) is 47.8 Å². The maximum atomic E-state index is 13.1. The SMILES string of the molecule is NC(C(=O)N1CCN(C(=O)c2ccc(F)cc2Cl)CC1)c1ccccc1. The molecule has 0 radical (unpaired) electrons. The van der Waals surface area contributed by atoms with E-state index in [0.717, 1.165) is 11.6 Å². The Bertz CT molecular complexity index is 808. The standard InChI is InChI=1S/C19H19ClFN3O2/c20-16-12-14(21)6-7-15(16)18(25)23-8-10-24(11-9-23)19(26)17(22)13-4-2-1-3-5-13/h1-7,12,17H,8-11,22H2. The van der Waals surface area contributed by atoms with Crippen LogP contribution in [0.5, 0.6) is 0 Å². The molecule has 1 fully saturated rings. The van der Waals surface area contributed by atoms with Crippen molar-refractivity contribution in [2.45, 2.75) is 6.04 Å². The first kappa shape index (κ1) is 18.4. The van der Waals surface area contributed by atoms with Crippen molar-refractivity contribution in [3.05, 3.63) is 70.5 Å². The molecule has 2 aromatic carbocycles. The van der Waals surface area contributed by atoms with Gasteiger partial charge in [0.2, 0.25) is 5.91 Å². The van der Waals surface area contributed by atoms with Gasteiger partial charge < -0.3 is 15.5 Å². The minimum atomic E-state index is -0.718. The minimum Gasteiger partial charge on any atom is -0.337 e. The number of nitrogens with two attached hydrogens (primary N) is 1. The second-order valence-corrected chi connectivity index (χ2v) is 6.54. The van der Waals surface area contributed by atoms with Crippen LogP contribution >= 0.6 is 11.6 Å². The summed E-state index contributed by atoms with van der Waals surface area (Å²) in [7, 11) is 0. The second-order valence-electron chi connectivity index (χ2n) is 6.13. The quantitative estimate of drug-likeness (QED) is 0.896. The van der Waals surface area contributed by atoms with Crippen molar-refractivity contribution in [3.63, 3.8) is 0 Å². The molecular formula is C19H19ClFN3O2. The maximum absolute atomic E-state index is 13.1. The molecule has 1 aliphatic heterocycles. The van der Waals surface area contributed by atoms with Gasteiger partial charge in [0.05, 0.1) is 10.6 Å². The molecule has 0 saturated carbocycles. The summed E-state index contributed by atoms with van der Waals surface area (Å²) in [5, 5.41) is 0.0830. The highest BCUT2D eigenvalue weighted by molar-refractivity contribution is 6.33. The van der Waals surface area contributed by atoms with Crippen LogP contribution in [0.4, 0.5) is 4.39 Å². The smallest absolute Gasteiger partial charge is 0.255 e. The van der Waals surface area contributed by atoms with Crippen molar-refractivity contribution in [2.75, 3.05) is 26.2 Å².